The van der Waals surface area contributed by atoms with Crippen molar-refractivity contribution in [3.8, 4) is 0 Å². The van der Waals surface area contributed by atoms with Gasteiger partial charge < -0.3 is 0 Å². The van der Waals surface area contributed by atoms with Gasteiger partial charge in [-0.15, -0.1) is 0 Å². The van der Waals surface area contributed by atoms with E-state index >= 15 is 0 Å². The van der Waals surface area contributed by atoms with Crippen LogP contribution in [0.4, 0.5) is 0 Å². The monoisotopic (exact) mass is 352 g/mol. The third-order valence-electron chi connectivity index (χ3n) is 3.09. The SMILES string of the molecule is Cn1nc(Cn2cnc(Cl)c(Br)c2=O)c2ccccc21. The highest BCUT2D eigenvalue weighted by molar-refractivity contribution is 9.10. The van der Waals surface area contributed by atoms with Crippen LogP contribution in [0.25, 0.3) is 10.9 Å². The Hall–Kier alpha value is -1.66. The summed E-state index contributed by atoms with van der Waals surface area (Å²) < 4.78 is 3.54. The van der Waals surface area contributed by atoms with Crippen molar-refractivity contribution >= 4 is 38.4 Å². The number of para-hydroxylation sites is 1. The van der Waals surface area contributed by atoms with Crippen molar-refractivity contribution in [3.63, 3.8) is 0 Å². The van der Waals surface area contributed by atoms with Crippen LogP contribution in [-0.2, 0) is 13.6 Å². The van der Waals surface area contributed by atoms with Gasteiger partial charge in [-0.05, 0) is 22.0 Å². The summed E-state index contributed by atoms with van der Waals surface area (Å²) in [7, 11) is 1.88. The minimum absolute atomic E-state index is 0.164. The largest absolute Gasteiger partial charge is 0.292 e. The number of hydrogen-bond donors (Lipinski definition) is 0. The zero-order chi connectivity index (χ0) is 14.3. The highest BCUT2D eigenvalue weighted by Crippen LogP contribution is 2.19. The minimum atomic E-state index is -0.222. The Morgan fingerprint density at radius 2 is 2.10 bits per heavy atom. The van der Waals surface area contributed by atoms with Gasteiger partial charge in [0.1, 0.15) is 4.47 Å². The van der Waals surface area contributed by atoms with Crippen LogP contribution in [0.5, 0.6) is 0 Å². The molecule has 0 saturated carbocycles. The van der Waals surface area contributed by atoms with Gasteiger partial charge in [-0.3, -0.25) is 14.0 Å². The zero-order valence-electron chi connectivity index (χ0n) is 10.5. The number of nitrogens with zero attached hydrogens (tertiary/aromatic N) is 4. The van der Waals surface area contributed by atoms with Crippen LogP contribution in [0.1, 0.15) is 5.69 Å². The van der Waals surface area contributed by atoms with Crippen molar-refractivity contribution in [2.24, 2.45) is 7.05 Å². The van der Waals surface area contributed by atoms with Crippen LogP contribution < -0.4 is 5.56 Å². The molecule has 0 aliphatic carbocycles. The molecule has 0 atom stereocenters. The van der Waals surface area contributed by atoms with Gasteiger partial charge in [0.25, 0.3) is 5.56 Å². The molecule has 2 heterocycles. The van der Waals surface area contributed by atoms with Crippen molar-refractivity contribution in [1.29, 1.82) is 0 Å². The number of fused-ring (bicyclic) bond motifs is 1. The Labute approximate surface area is 127 Å². The van der Waals surface area contributed by atoms with Gasteiger partial charge in [0.05, 0.1) is 24.1 Å². The lowest BCUT2D eigenvalue weighted by Crippen LogP contribution is -2.22. The van der Waals surface area contributed by atoms with Crippen LogP contribution in [-0.4, -0.2) is 19.3 Å². The van der Waals surface area contributed by atoms with E-state index in [1.807, 2.05) is 31.3 Å². The van der Waals surface area contributed by atoms with E-state index in [-0.39, 0.29) is 15.2 Å². The molecule has 0 saturated heterocycles. The van der Waals surface area contributed by atoms with Gasteiger partial charge in [0.2, 0.25) is 0 Å². The third-order valence-corrected chi connectivity index (χ3v) is 4.32. The maximum Gasteiger partial charge on any atom is 0.269 e. The first kappa shape index (κ1) is 13.3. The highest BCUT2D eigenvalue weighted by atomic mass is 79.9. The second-order valence-corrected chi connectivity index (χ2v) is 5.52. The molecule has 0 aliphatic heterocycles. The summed E-state index contributed by atoms with van der Waals surface area (Å²) in [6.07, 6.45) is 1.43. The van der Waals surface area contributed by atoms with Gasteiger partial charge in [-0.2, -0.15) is 5.10 Å². The Morgan fingerprint density at radius 3 is 2.90 bits per heavy atom. The van der Waals surface area contributed by atoms with E-state index in [2.05, 4.69) is 26.0 Å². The summed E-state index contributed by atoms with van der Waals surface area (Å²) in [5, 5.41) is 5.64. The number of aryl methyl sites for hydroxylation is 1. The van der Waals surface area contributed by atoms with Gasteiger partial charge in [0, 0.05) is 12.4 Å². The summed E-state index contributed by atoms with van der Waals surface area (Å²) >= 11 is 8.94. The highest BCUT2D eigenvalue weighted by Gasteiger charge is 2.12. The molecule has 0 radical (unpaired) electrons. The molecule has 5 nitrogen and oxygen atoms in total. The van der Waals surface area contributed by atoms with Crippen molar-refractivity contribution in [2.75, 3.05) is 0 Å². The van der Waals surface area contributed by atoms with Gasteiger partial charge in [-0.1, -0.05) is 29.8 Å². The van der Waals surface area contributed by atoms with Crippen molar-refractivity contribution in [3.05, 3.63) is 56.3 Å². The lowest BCUT2D eigenvalue weighted by molar-refractivity contribution is 0.686. The molecule has 0 unspecified atom stereocenters. The van der Waals surface area contributed by atoms with E-state index in [9.17, 15) is 4.79 Å². The van der Waals surface area contributed by atoms with E-state index in [0.717, 1.165) is 16.6 Å². The van der Waals surface area contributed by atoms with Crippen LogP contribution in [0.15, 0.2) is 39.9 Å². The first-order valence-corrected chi connectivity index (χ1v) is 7.06. The second kappa shape index (κ2) is 5.03. The first-order chi connectivity index (χ1) is 9.58. The minimum Gasteiger partial charge on any atom is -0.292 e. The average molecular weight is 354 g/mol. The lowest BCUT2D eigenvalue weighted by atomic mass is 10.2. The fourth-order valence-electron chi connectivity index (χ4n) is 2.12. The fourth-order valence-corrected chi connectivity index (χ4v) is 2.58. The molecule has 20 heavy (non-hydrogen) atoms. The van der Waals surface area contributed by atoms with E-state index in [1.54, 1.807) is 4.68 Å². The van der Waals surface area contributed by atoms with Gasteiger partial charge in [0.15, 0.2) is 5.15 Å². The van der Waals surface area contributed by atoms with Gasteiger partial charge >= 0.3 is 0 Å². The number of halogens is 2. The topological polar surface area (TPSA) is 52.7 Å². The second-order valence-electron chi connectivity index (χ2n) is 4.37. The number of rotatable bonds is 2. The third kappa shape index (κ3) is 2.14. The summed E-state index contributed by atoms with van der Waals surface area (Å²) in [5.74, 6) is 0. The molecule has 0 aliphatic rings. The van der Waals surface area contributed by atoms with E-state index < -0.39 is 0 Å². The molecular formula is C13H10BrClN4O. The molecule has 0 bridgehead atoms. The smallest absolute Gasteiger partial charge is 0.269 e. The predicted molar refractivity (Wildman–Crippen MR) is 81.0 cm³/mol. The Bertz CT molecular complexity index is 855. The number of hydrogen-bond acceptors (Lipinski definition) is 3. The molecule has 3 rings (SSSR count). The average Bonchev–Trinajstić information content (AvgIpc) is 2.77. The summed E-state index contributed by atoms with van der Waals surface area (Å²) in [5.41, 5.74) is 1.62. The lowest BCUT2D eigenvalue weighted by Gasteiger charge is -2.04. The molecule has 0 N–H and O–H groups in total. The summed E-state index contributed by atoms with van der Waals surface area (Å²) in [4.78, 5) is 16.1. The number of aromatic nitrogens is 4. The maximum absolute atomic E-state index is 12.1. The van der Waals surface area contributed by atoms with Crippen molar-refractivity contribution in [2.45, 2.75) is 6.54 Å². The van der Waals surface area contributed by atoms with Crippen LogP contribution in [0, 0.1) is 0 Å². The standard InChI is InChI=1S/C13H10BrClN4O/c1-18-10-5-3-2-4-8(10)9(17-18)6-19-7-16-12(15)11(14)13(19)20/h2-5,7H,6H2,1H3. The zero-order valence-corrected chi connectivity index (χ0v) is 12.9. The quantitative estimate of drug-likeness (QED) is 0.666. The molecule has 7 heteroatoms. The predicted octanol–water partition coefficient (Wildman–Crippen LogP) is 2.59. The van der Waals surface area contributed by atoms with E-state index in [1.165, 1.54) is 10.9 Å². The van der Waals surface area contributed by atoms with Crippen LogP contribution >= 0.6 is 27.5 Å². The number of benzene rings is 1. The van der Waals surface area contributed by atoms with Crippen LogP contribution in [0.2, 0.25) is 5.15 Å². The Balaban J connectivity index is 2.11. The summed E-state index contributed by atoms with van der Waals surface area (Å²) in [6, 6.07) is 7.89. The summed E-state index contributed by atoms with van der Waals surface area (Å²) in [6.45, 7) is 0.350. The molecule has 0 amide bonds. The van der Waals surface area contributed by atoms with Crippen LogP contribution in [0.3, 0.4) is 0 Å². The molecule has 1 aromatic carbocycles. The van der Waals surface area contributed by atoms with Crippen molar-refractivity contribution < 1.29 is 0 Å². The molecule has 3 aromatic rings. The first-order valence-electron chi connectivity index (χ1n) is 5.89. The molecule has 2 aromatic heterocycles. The Morgan fingerprint density at radius 1 is 1.35 bits per heavy atom. The molecule has 0 fully saturated rings. The molecule has 102 valence electrons. The van der Waals surface area contributed by atoms with Gasteiger partial charge in [-0.25, -0.2) is 4.98 Å². The normalized spacial score (nSPS) is 11.2. The molecular weight excluding hydrogens is 344 g/mol. The van der Waals surface area contributed by atoms with E-state index in [0.29, 0.717) is 6.54 Å². The Kier molecular flexibility index (Phi) is 3.35. The maximum atomic E-state index is 12.1. The van der Waals surface area contributed by atoms with Crippen molar-refractivity contribution in [1.82, 2.24) is 19.3 Å². The fraction of sp³-hybridized carbons (Fsp3) is 0.154. The molecule has 0 spiro atoms. The van der Waals surface area contributed by atoms with E-state index in [4.69, 9.17) is 11.6 Å².